The fraction of sp³-hybridized carbons (Fsp3) is 0.130. The van der Waals surface area contributed by atoms with Crippen molar-refractivity contribution in [2.75, 3.05) is 7.11 Å². The SMILES string of the molecule is COc1ccccc1-c1cc(C(F)F)n2ncc(-c3nnc(-c4ccc(OC(F)F)cc4)o3)c2n1. The number of fused-ring (bicyclic) bond motifs is 1. The van der Waals surface area contributed by atoms with Gasteiger partial charge in [-0.25, -0.2) is 18.3 Å². The summed E-state index contributed by atoms with van der Waals surface area (Å²) >= 11 is 0. The van der Waals surface area contributed by atoms with Gasteiger partial charge < -0.3 is 13.9 Å². The maximum Gasteiger partial charge on any atom is 0.387 e. The second-order valence-electron chi connectivity index (χ2n) is 7.18. The third kappa shape index (κ3) is 4.25. The molecule has 0 atom stereocenters. The minimum absolute atomic E-state index is 0.00667. The molecule has 0 spiro atoms. The van der Waals surface area contributed by atoms with Gasteiger partial charge in [-0.15, -0.1) is 10.2 Å². The Morgan fingerprint density at radius 3 is 2.37 bits per heavy atom. The lowest BCUT2D eigenvalue weighted by molar-refractivity contribution is -0.0498. The molecule has 0 bridgehead atoms. The smallest absolute Gasteiger partial charge is 0.387 e. The maximum atomic E-state index is 13.9. The number of nitrogens with zero attached hydrogens (tertiary/aromatic N) is 5. The van der Waals surface area contributed by atoms with E-state index >= 15 is 0 Å². The van der Waals surface area contributed by atoms with Gasteiger partial charge in [0, 0.05) is 11.1 Å². The fourth-order valence-corrected chi connectivity index (χ4v) is 3.51. The quantitative estimate of drug-likeness (QED) is 0.275. The van der Waals surface area contributed by atoms with Crippen LogP contribution in [0.1, 0.15) is 12.1 Å². The summed E-state index contributed by atoms with van der Waals surface area (Å²) in [5.41, 5.74) is 1.15. The number of benzene rings is 2. The average Bonchev–Trinajstić information content (AvgIpc) is 3.50. The van der Waals surface area contributed by atoms with Gasteiger partial charge in [-0.05, 0) is 42.5 Å². The molecule has 0 unspecified atom stereocenters. The second-order valence-corrected chi connectivity index (χ2v) is 7.18. The summed E-state index contributed by atoms with van der Waals surface area (Å²) in [6, 6.07) is 13.7. The molecule has 5 rings (SSSR count). The Bertz CT molecular complexity index is 1480. The third-order valence-electron chi connectivity index (χ3n) is 5.09. The largest absolute Gasteiger partial charge is 0.496 e. The number of ether oxygens (including phenoxy) is 2. The standard InChI is InChI=1S/C23H15F4N5O3/c1-33-18-5-3-2-4-14(18)16-10-17(19(24)25)32-20(29-16)15(11-28-32)22-31-30-21(35-22)12-6-8-13(9-7-12)34-23(26)27/h2-11,19,23H,1H3. The molecule has 178 valence electrons. The lowest BCUT2D eigenvalue weighted by Gasteiger charge is -2.11. The molecule has 0 amide bonds. The topological polar surface area (TPSA) is 87.6 Å². The van der Waals surface area contributed by atoms with E-state index in [-0.39, 0.29) is 40.1 Å². The molecule has 0 aliphatic carbocycles. The summed E-state index contributed by atoms with van der Waals surface area (Å²) in [5.74, 6) is 0.509. The van der Waals surface area contributed by atoms with E-state index in [1.807, 2.05) is 0 Å². The van der Waals surface area contributed by atoms with E-state index in [2.05, 4.69) is 25.0 Å². The molecule has 2 aromatic carbocycles. The normalized spacial score (nSPS) is 11.5. The molecule has 0 aliphatic heterocycles. The van der Waals surface area contributed by atoms with Crippen LogP contribution in [0.2, 0.25) is 0 Å². The third-order valence-corrected chi connectivity index (χ3v) is 5.09. The Morgan fingerprint density at radius 1 is 0.914 bits per heavy atom. The summed E-state index contributed by atoms with van der Waals surface area (Å²) in [6.45, 7) is -2.95. The van der Waals surface area contributed by atoms with Crippen molar-refractivity contribution in [2.24, 2.45) is 0 Å². The molecular formula is C23H15F4N5O3. The van der Waals surface area contributed by atoms with Crippen molar-refractivity contribution in [1.82, 2.24) is 24.8 Å². The van der Waals surface area contributed by atoms with Crippen molar-refractivity contribution in [3.63, 3.8) is 0 Å². The van der Waals surface area contributed by atoms with Crippen LogP contribution in [0.25, 0.3) is 39.8 Å². The molecule has 3 heterocycles. The van der Waals surface area contributed by atoms with Gasteiger partial charge in [0.25, 0.3) is 12.3 Å². The van der Waals surface area contributed by atoms with Gasteiger partial charge in [0.05, 0.1) is 19.0 Å². The minimum atomic E-state index is -2.95. The molecule has 12 heteroatoms. The summed E-state index contributed by atoms with van der Waals surface area (Å²) in [7, 11) is 1.47. The highest BCUT2D eigenvalue weighted by Gasteiger charge is 2.23. The highest BCUT2D eigenvalue weighted by Crippen LogP contribution is 2.34. The Labute approximate surface area is 194 Å². The van der Waals surface area contributed by atoms with Gasteiger partial charge in [0.15, 0.2) is 5.65 Å². The van der Waals surface area contributed by atoms with E-state index in [9.17, 15) is 17.6 Å². The number of para-hydroxylation sites is 1. The summed E-state index contributed by atoms with van der Waals surface area (Å²) in [6.07, 6.45) is -1.54. The summed E-state index contributed by atoms with van der Waals surface area (Å²) in [4.78, 5) is 4.53. The van der Waals surface area contributed by atoms with Gasteiger partial charge in [0.1, 0.15) is 22.8 Å². The number of halogens is 4. The Balaban J connectivity index is 1.58. The zero-order valence-electron chi connectivity index (χ0n) is 17.9. The van der Waals surface area contributed by atoms with Gasteiger partial charge in [-0.3, -0.25) is 0 Å². The van der Waals surface area contributed by atoms with Crippen LogP contribution < -0.4 is 9.47 Å². The molecular weight excluding hydrogens is 470 g/mol. The number of aromatic nitrogens is 5. The van der Waals surface area contributed by atoms with Crippen LogP contribution in [-0.4, -0.2) is 38.5 Å². The van der Waals surface area contributed by atoms with E-state index in [1.165, 1.54) is 43.6 Å². The zero-order valence-corrected chi connectivity index (χ0v) is 17.9. The molecule has 5 aromatic rings. The first-order chi connectivity index (χ1) is 16.9. The van der Waals surface area contributed by atoms with Gasteiger partial charge in [-0.1, -0.05) is 12.1 Å². The maximum absolute atomic E-state index is 13.9. The van der Waals surface area contributed by atoms with Gasteiger partial charge >= 0.3 is 6.61 Å². The molecule has 0 saturated carbocycles. The van der Waals surface area contributed by atoms with Crippen LogP contribution in [-0.2, 0) is 0 Å². The van der Waals surface area contributed by atoms with Crippen LogP contribution in [0.3, 0.4) is 0 Å². The summed E-state index contributed by atoms with van der Waals surface area (Å²) < 4.78 is 68.9. The number of hydrogen-bond acceptors (Lipinski definition) is 7. The second kappa shape index (κ2) is 9.05. The first kappa shape index (κ1) is 22.3. The molecule has 0 fully saturated rings. The Hall–Kier alpha value is -4.48. The average molecular weight is 485 g/mol. The number of hydrogen-bond donors (Lipinski definition) is 0. The Kier molecular flexibility index (Phi) is 5.77. The highest BCUT2D eigenvalue weighted by molar-refractivity contribution is 5.76. The van der Waals surface area contributed by atoms with Crippen LogP contribution >= 0.6 is 0 Å². The van der Waals surface area contributed by atoms with E-state index in [0.717, 1.165) is 4.52 Å². The van der Waals surface area contributed by atoms with Crippen molar-refractivity contribution in [3.8, 4) is 45.7 Å². The molecule has 35 heavy (non-hydrogen) atoms. The van der Waals surface area contributed by atoms with Crippen molar-refractivity contribution in [2.45, 2.75) is 13.0 Å². The van der Waals surface area contributed by atoms with Crippen molar-refractivity contribution in [1.29, 1.82) is 0 Å². The van der Waals surface area contributed by atoms with Crippen molar-refractivity contribution in [3.05, 3.63) is 66.5 Å². The van der Waals surface area contributed by atoms with Crippen molar-refractivity contribution >= 4 is 5.65 Å². The molecule has 0 aliphatic rings. The first-order valence-corrected chi connectivity index (χ1v) is 10.1. The van der Waals surface area contributed by atoms with Gasteiger partial charge in [0.2, 0.25) is 5.89 Å². The Morgan fingerprint density at radius 2 is 1.66 bits per heavy atom. The molecule has 0 saturated heterocycles. The number of methoxy groups -OCH3 is 1. The van der Waals surface area contributed by atoms with Crippen molar-refractivity contribution < 1.29 is 31.5 Å². The number of rotatable bonds is 7. The monoisotopic (exact) mass is 485 g/mol. The predicted octanol–water partition coefficient (Wildman–Crippen LogP) is 5.66. The minimum Gasteiger partial charge on any atom is -0.496 e. The molecule has 0 radical (unpaired) electrons. The van der Waals surface area contributed by atoms with E-state index in [1.54, 1.807) is 24.3 Å². The predicted molar refractivity (Wildman–Crippen MR) is 115 cm³/mol. The number of alkyl halides is 4. The molecule has 0 N–H and O–H groups in total. The van der Waals surface area contributed by atoms with Crippen LogP contribution in [0, 0.1) is 0 Å². The highest BCUT2D eigenvalue weighted by atomic mass is 19.3. The lowest BCUT2D eigenvalue weighted by Crippen LogP contribution is -2.03. The first-order valence-electron chi connectivity index (χ1n) is 10.1. The fourth-order valence-electron chi connectivity index (χ4n) is 3.51. The van der Waals surface area contributed by atoms with Crippen LogP contribution in [0.5, 0.6) is 11.5 Å². The van der Waals surface area contributed by atoms with Gasteiger partial charge in [-0.2, -0.15) is 13.9 Å². The van der Waals surface area contributed by atoms with E-state index in [4.69, 9.17) is 9.15 Å². The molecule has 3 aromatic heterocycles. The van der Waals surface area contributed by atoms with E-state index in [0.29, 0.717) is 16.9 Å². The zero-order chi connectivity index (χ0) is 24.5. The summed E-state index contributed by atoms with van der Waals surface area (Å²) in [5, 5.41) is 12.0. The van der Waals surface area contributed by atoms with E-state index < -0.39 is 13.0 Å². The lowest BCUT2D eigenvalue weighted by atomic mass is 10.1. The van der Waals surface area contributed by atoms with Crippen LogP contribution in [0.4, 0.5) is 17.6 Å². The molecule has 8 nitrogen and oxygen atoms in total. The van der Waals surface area contributed by atoms with Crippen LogP contribution in [0.15, 0.2) is 65.2 Å².